The van der Waals surface area contributed by atoms with Gasteiger partial charge in [-0.15, -0.1) is 0 Å². The zero-order valence-electron chi connectivity index (χ0n) is 13.3. The maximum absolute atomic E-state index is 12.1. The maximum Gasteiger partial charge on any atom is 0.261 e. The minimum Gasteiger partial charge on any atom is -0.481 e. The van der Waals surface area contributed by atoms with E-state index >= 15 is 0 Å². The van der Waals surface area contributed by atoms with E-state index in [9.17, 15) is 9.59 Å². The zero-order valence-corrected chi connectivity index (χ0v) is 14.0. The van der Waals surface area contributed by atoms with Crippen LogP contribution in [0.1, 0.15) is 23.7 Å². The smallest absolute Gasteiger partial charge is 0.261 e. The Kier molecular flexibility index (Phi) is 5.45. The van der Waals surface area contributed by atoms with Crippen LogP contribution in [-0.2, 0) is 11.3 Å². The van der Waals surface area contributed by atoms with Crippen LogP contribution in [0.5, 0.6) is 5.75 Å². The highest BCUT2D eigenvalue weighted by Gasteiger charge is 2.15. The first kappa shape index (κ1) is 17.1. The summed E-state index contributed by atoms with van der Waals surface area (Å²) in [5.41, 5.74) is 1.99. The lowest BCUT2D eigenvalue weighted by molar-refractivity contribution is -0.127. The molecule has 1 atom stereocenters. The largest absolute Gasteiger partial charge is 0.481 e. The molecule has 0 spiro atoms. The van der Waals surface area contributed by atoms with E-state index in [0.29, 0.717) is 16.3 Å². The number of hydrogen-bond donors (Lipinski definition) is 2. The van der Waals surface area contributed by atoms with Crippen molar-refractivity contribution in [2.75, 3.05) is 0 Å². The van der Waals surface area contributed by atoms with Gasteiger partial charge in [0.2, 0.25) is 0 Å². The molecule has 0 saturated carbocycles. The second kappa shape index (κ2) is 7.33. The molecule has 1 aromatic carbocycles. The fourth-order valence-electron chi connectivity index (χ4n) is 2.22. The lowest BCUT2D eigenvalue weighted by atomic mass is 10.1. The van der Waals surface area contributed by atoms with Crippen molar-refractivity contribution >= 4 is 17.5 Å². The first-order valence-corrected chi connectivity index (χ1v) is 7.64. The number of carbonyl (C=O) groups is 1. The van der Waals surface area contributed by atoms with Gasteiger partial charge in [0.25, 0.3) is 11.5 Å². The topological polar surface area (TPSA) is 71.2 Å². The molecule has 1 aromatic heterocycles. The van der Waals surface area contributed by atoms with Gasteiger partial charge in [-0.25, -0.2) is 0 Å². The molecule has 0 saturated heterocycles. The summed E-state index contributed by atoms with van der Waals surface area (Å²) in [4.78, 5) is 26.8. The third kappa shape index (κ3) is 4.60. The molecular weight excluding hydrogens is 316 g/mol. The van der Waals surface area contributed by atoms with Crippen LogP contribution in [0.4, 0.5) is 0 Å². The lowest BCUT2D eigenvalue weighted by Crippen LogP contribution is -2.37. The van der Waals surface area contributed by atoms with E-state index in [2.05, 4.69) is 10.3 Å². The summed E-state index contributed by atoms with van der Waals surface area (Å²) in [6.07, 6.45) is -0.696. The highest BCUT2D eigenvalue weighted by molar-refractivity contribution is 6.30. The van der Waals surface area contributed by atoms with Crippen LogP contribution in [0.3, 0.4) is 0 Å². The number of carbonyl (C=O) groups excluding carboxylic acids is 1. The normalized spacial score (nSPS) is 11.8. The molecule has 0 bridgehead atoms. The number of rotatable bonds is 5. The summed E-state index contributed by atoms with van der Waals surface area (Å²) in [6.45, 7) is 5.46. The van der Waals surface area contributed by atoms with Crippen LogP contribution in [0.2, 0.25) is 5.02 Å². The van der Waals surface area contributed by atoms with Gasteiger partial charge in [0.1, 0.15) is 5.75 Å². The van der Waals surface area contributed by atoms with Crippen molar-refractivity contribution < 1.29 is 9.53 Å². The Morgan fingerprint density at radius 1 is 1.35 bits per heavy atom. The average Bonchev–Trinajstić information content (AvgIpc) is 2.45. The number of H-pyrrole nitrogens is 1. The van der Waals surface area contributed by atoms with Crippen molar-refractivity contribution in [3.63, 3.8) is 0 Å². The van der Waals surface area contributed by atoms with Crippen molar-refractivity contribution in [2.24, 2.45) is 0 Å². The van der Waals surface area contributed by atoms with Gasteiger partial charge in [0, 0.05) is 22.8 Å². The summed E-state index contributed by atoms with van der Waals surface area (Å²) in [6, 6.07) is 8.71. The molecule has 23 heavy (non-hydrogen) atoms. The Morgan fingerprint density at radius 3 is 2.74 bits per heavy atom. The third-order valence-corrected chi connectivity index (χ3v) is 3.65. The lowest BCUT2D eigenvalue weighted by Gasteiger charge is -2.15. The first-order valence-electron chi connectivity index (χ1n) is 7.26. The van der Waals surface area contributed by atoms with E-state index in [-0.39, 0.29) is 18.0 Å². The number of nitrogens with one attached hydrogen (secondary N) is 2. The van der Waals surface area contributed by atoms with Crippen molar-refractivity contribution in [1.29, 1.82) is 0 Å². The number of aryl methyl sites for hydroxylation is 2. The maximum atomic E-state index is 12.1. The summed E-state index contributed by atoms with van der Waals surface area (Å²) in [7, 11) is 0. The Labute approximate surface area is 139 Å². The van der Waals surface area contributed by atoms with E-state index in [1.165, 1.54) is 0 Å². The number of pyridine rings is 1. The van der Waals surface area contributed by atoms with E-state index in [1.54, 1.807) is 31.2 Å². The molecule has 122 valence electrons. The molecule has 2 N–H and O–H groups in total. The number of aromatic nitrogens is 1. The van der Waals surface area contributed by atoms with Crippen molar-refractivity contribution in [1.82, 2.24) is 10.3 Å². The Balaban J connectivity index is 1.98. The quantitative estimate of drug-likeness (QED) is 0.883. The number of aromatic amines is 1. The van der Waals surface area contributed by atoms with Gasteiger partial charge in [0.05, 0.1) is 0 Å². The molecule has 1 unspecified atom stereocenters. The van der Waals surface area contributed by atoms with E-state index in [1.807, 2.05) is 19.9 Å². The SMILES string of the molecule is Cc1cc(C)c(CNC(=O)C(C)Oc2cccc(Cl)c2)c(=O)[nH]1. The Hall–Kier alpha value is -2.27. The van der Waals surface area contributed by atoms with E-state index in [0.717, 1.165) is 11.3 Å². The highest BCUT2D eigenvalue weighted by Crippen LogP contribution is 2.18. The molecule has 2 aromatic rings. The van der Waals surface area contributed by atoms with Crippen LogP contribution >= 0.6 is 11.6 Å². The molecule has 1 amide bonds. The number of amides is 1. The van der Waals surface area contributed by atoms with Gasteiger partial charge in [-0.1, -0.05) is 17.7 Å². The second-order valence-corrected chi connectivity index (χ2v) is 5.81. The number of benzene rings is 1. The van der Waals surface area contributed by atoms with Crippen LogP contribution in [0.15, 0.2) is 35.1 Å². The first-order chi connectivity index (χ1) is 10.9. The zero-order chi connectivity index (χ0) is 17.0. The van der Waals surface area contributed by atoms with Crippen LogP contribution in [0, 0.1) is 13.8 Å². The van der Waals surface area contributed by atoms with Crippen LogP contribution in [-0.4, -0.2) is 17.0 Å². The van der Waals surface area contributed by atoms with Crippen molar-refractivity contribution in [2.45, 2.75) is 33.4 Å². The molecule has 0 aliphatic carbocycles. The van der Waals surface area contributed by atoms with E-state index < -0.39 is 6.10 Å². The predicted octanol–water partition coefficient (Wildman–Crippen LogP) is 2.73. The standard InChI is InChI=1S/C17H19ClN2O3/c1-10-7-11(2)20-17(22)15(10)9-19-16(21)12(3)23-14-6-4-5-13(18)8-14/h4-8,12H,9H2,1-3H3,(H,19,21)(H,20,22). The highest BCUT2D eigenvalue weighted by atomic mass is 35.5. The minimum absolute atomic E-state index is 0.156. The average molecular weight is 335 g/mol. The Bertz CT molecular complexity index is 771. The minimum atomic E-state index is -0.696. The number of halogens is 1. The van der Waals surface area contributed by atoms with Gasteiger partial charge in [-0.3, -0.25) is 9.59 Å². The van der Waals surface area contributed by atoms with Gasteiger partial charge in [-0.05, 0) is 50.6 Å². The molecule has 0 radical (unpaired) electrons. The van der Waals surface area contributed by atoms with Gasteiger partial charge in [-0.2, -0.15) is 0 Å². The summed E-state index contributed by atoms with van der Waals surface area (Å²) >= 11 is 5.88. The fraction of sp³-hybridized carbons (Fsp3) is 0.294. The summed E-state index contributed by atoms with van der Waals surface area (Å²) in [5, 5.41) is 3.26. The molecule has 1 heterocycles. The summed E-state index contributed by atoms with van der Waals surface area (Å²) < 4.78 is 5.54. The van der Waals surface area contributed by atoms with Crippen LogP contribution in [0.25, 0.3) is 0 Å². The van der Waals surface area contributed by atoms with E-state index in [4.69, 9.17) is 16.3 Å². The fourth-order valence-corrected chi connectivity index (χ4v) is 2.40. The molecule has 2 rings (SSSR count). The number of hydrogen-bond acceptors (Lipinski definition) is 3. The van der Waals surface area contributed by atoms with Gasteiger partial charge < -0.3 is 15.0 Å². The Morgan fingerprint density at radius 2 is 2.09 bits per heavy atom. The predicted molar refractivity (Wildman–Crippen MR) is 89.9 cm³/mol. The monoisotopic (exact) mass is 334 g/mol. The number of ether oxygens (including phenoxy) is 1. The second-order valence-electron chi connectivity index (χ2n) is 5.38. The van der Waals surface area contributed by atoms with Gasteiger partial charge >= 0.3 is 0 Å². The molecule has 0 aliphatic heterocycles. The van der Waals surface area contributed by atoms with Crippen LogP contribution < -0.4 is 15.6 Å². The molecule has 0 fully saturated rings. The molecular formula is C17H19ClN2O3. The third-order valence-electron chi connectivity index (χ3n) is 3.41. The molecule has 5 nitrogen and oxygen atoms in total. The van der Waals surface area contributed by atoms with Crippen molar-refractivity contribution in [3.05, 3.63) is 62.5 Å². The molecule has 0 aliphatic rings. The summed E-state index contributed by atoms with van der Waals surface area (Å²) in [5.74, 6) is 0.217. The molecule has 6 heteroatoms. The van der Waals surface area contributed by atoms with Crippen molar-refractivity contribution in [3.8, 4) is 5.75 Å². The van der Waals surface area contributed by atoms with Gasteiger partial charge in [0.15, 0.2) is 6.10 Å².